The number of nitrogens with zero attached hydrogens (tertiary/aromatic N) is 4. The van der Waals surface area contributed by atoms with Gasteiger partial charge < -0.3 is 5.32 Å². The molecule has 2 aromatic rings. The largest absolute Gasteiger partial charge is 0.349 e. The predicted octanol–water partition coefficient (Wildman–Crippen LogP) is 1.89. The number of benzene rings is 1. The Morgan fingerprint density at radius 3 is 2.65 bits per heavy atom. The van der Waals surface area contributed by atoms with Crippen LogP contribution < -0.4 is 5.32 Å². The molecule has 0 aliphatic rings. The normalized spacial score (nSPS) is 10.8. The van der Waals surface area contributed by atoms with Crippen molar-refractivity contribution in [2.45, 2.75) is 39.7 Å². The smallest absolute Gasteiger partial charge is 0.251 e. The first-order chi connectivity index (χ1) is 9.65. The second kappa shape index (κ2) is 6.27. The molecule has 20 heavy (non-hydrogen) atoms. The van der Waals surface area contributed by atoms with Gasteiger partial charge in [-0.05, 0) is 54.0 Å². The molecule has 0 spiro atoms. The van der Waals surface area contributed by atoms with Crippen LogP contribution in [0.15, 0.2) is 24.5 Å². The maximum absolute atomic E-state index is 12.2. The van der Waals surface area contributed by atoms with Gasteiger partial charge in [0.2, 0.25) is 0 Å². The minimum atomic E-state index is -0.0370. The van der Waals surface area contributed by atoms with Gasteiger partial charge in [-0.2, -0.15) is 0 Å². The molecule has 1 heterocycles. The first-order valence-corrected chi connectivity index (χ1v) is 6.80. The van der Waals surface area contributed by atoms with Crippen molar-refractivity contribution < 1.29 is 4.79 Å². The van der Waals surface area contributed by atoms with Crippen LogP contribution >= 0.6 is 0 Å². The number of aryl methyl sites for hydroxylation is 1. The molecule has 0 aliphatic carbocycles. The maximum Gasteiger partial charge on any atom is 0.251 e. The molecule has 0 saturated carbocycles. The molecule has 1 aromatic heterocycles. The lowest BCUT2D eigenvalue weighted by atomic mass is 10.1. The van der Waals surface area contributed by atoms with Gasteiger partial charge in [-0.1, -0.05) is 13.8 Å². The number of hydrogen-bond acceptors (Lipinski definition) is 4. The molecule has 1 amide bonds. The average Bonchev–Trinajstić information content (AvgIpc) is 2.98. The van der Waals surface area contributed by atoms with Gasteiger partial charge in [-0.3, -0.25) is 4.79 Å². The van der Waals surface area contributed by atoms with E-state index in [2.05, 4.69) is 34.7 Å². The molecular formula is C14H19N5O. The number of carbonyl (C=O) groups is 1. The Kier molecular flexibility index (Phi) is 4.45. The van der Waals surface area contributed by atoms with Gasteiger partial charge in [0, 0.05) is 11.6 Å². The number of nitrogens with one attached hydrogen (secondary N) is 1. The summed E-state index contributed by atoms with van der Waals surface area (Å²) in [6.07, 6.45) is 3.40. The first-order valence-electron chi connectivity index (χ1n) is 6.80. The van der Waals surface area contributed by atoms with Crippen molar-refractivity contribution in [2.75, 3.05) is 0 Å². The number of rotatable bonds is 5. The van der Waals surface area contributed by atoms with E-state index in [4.69, 9.17) is 0 Å². The Morgan fingerprint density at radius 1 is 1.35 bits per heavy atom. The van der Waals surface area contributed by atoms with Crippen molar-refractivity contribution in [3.8, 4) is 5.69 Å². The van der Waals surface area contributed by atoms with E-state index in [-0.39, 0.29) is 11.9 Å². The van der Waals surface area contributed by atoms with Gasteiger partial charge >= 0.3 is 0 Å². The minimum absolute atomic E-state index is 0.0370. The van der Waals surface area contributed by atoms with E-state index in [9.17, 15) is 4.79 Å². The predicted molar refractivity (Wildman–Crippen MR) is 75.7 cm³/mol. The first kappa shape index (κ1) is 14.2. The van der Waals surface area contributed by atoms with Crippen LogP contribution in [-0.2, 0) is 0 Å². The molecule has 0 unspecified atom stereocenters. The van der Waals surface area contributed by atoms with E-state index in [1.807, 2.05) is 19.1 Å². The van der Waals surface area contributed by atoms with Gasteiger partial charge in [0.05, 0.1) is 5.69 Å². The SMILES string of the molecule is CCC(CC)NC(=O)c1ccc(-n2cnnn2)c(C)c1. The Bertz CT molecular complexity index is 575. The summed E-state index contributed by atoms with van der Waals surface area (Å²) >= 11 is 0. The van der Waals surface area contributed by atoms with Crippen molar-refractivity contribution in [1.82, 2.24) is 25.5 Å². The fourth-order valence-electron chi connectivity index (χ4n) is 2.09. The summed E-state index contributed by atoms with van der Waals surface area (Å²) in [6, 6.07) is 5.73. The number of amides is 1. The van der Waals surface area contributed by atoms with E-state index in [0.717, 1.165) is 24.1 Å². The molecule has 0 atom stereocenters. The molecule has 0 fully saturated rings. The van der Waals surface area contributed by atoms with E-state index >= 15 is 0 Å². The molecule has 0 saturated heterocycles. The van der Waals surface area contributed by atoms with E-state index in [1.54, 1.807) is 10.7 Å². The van der Waals surface area contributed by atoms with Crippen LogP contribution in [0.5, 0.6) is 0 Å². The summed E-state index contributed by atoms with van der Waals surface area (Å²) in [5.74, 6) is -0.0370. The lowest BCUT2D eigenvalue weighted by Gasteiger charge is -2.15. The average molecular weight is 273 g/mol. The fraction of sp³-hybridized carbons (Fsp3) is 0.429. The van der Waals surface area contributed by atoms with Crippen LogP contribution in [0.1, 0.15) is 42.6 Å². The zero-order valence-electron chi connectivity index (χ0n) is 12.0. The number of hydrogen-bond donors (Lipinski definition) is 1. The topological polar surface area (TPSA) is 72.7 Å². The summed E-state index contributed by atoms with van der Waals surface area (Å²) < 4.78 is 1.58. The quantitative estimate of drug-likeness (QED) is 0.903. The zero-order valence-corrected chi connectivity index (χ0v) is 12.0. The fourth-order valence-corrected chi connectivity index (χ4v) is 2.09. The molecule has 0 aliphatic heterocycles. The van der Waals surface area contributed by atoms with Crippen LogP contribution in [0.4, 0.5) is 0 Å². The summed E-state index contributed by atoms with van der Waals surface area (Å²) in [5.41, 5.74) is 2.48. The van der Waals surface area contributed by atoms with Crippen LogP contribution in [0.3, 0.4) is 0 Å². The van der Waals surface area contributed by atoms with Crippen molar-refractivity contribution in [2.24, 2.45) is 0 Å². The summed E-state index contributed by atoms with van der Waals surface area (Å²) in [4.78, 5) is 12.2. The monoisotopic (exact) mass is 273 g/mol. The minimum Gasteiger partial charge on any atom is -0.349 e. The molecule has 0 radical (unpaired) electrons. The summed E-state index contributed by atoms with van der Waals surface area (Å²) in [5, 5.41) is 14.1. The second-order valence-electron chi connectivity index (χ2n) is 4.74. The van der Waals surface area contributed by atoms with Crippen molar-refractivity contribution in [1.29, 1.82) is 0 Å². The molecular weight excluding hydrogens is 254 g/mol. The molecule has 6 nitrogen and oxygen atoms in total. The third-order valence-electron chi connectivity index (χ3n) is 3.38. The highest BCUT2D eigenvalue weighted by Gasteiger charge is 2.12. The van der Waals surface area contributed by atoms with E-state index < -0.39 is 0 Å². The van der Waals surface area contributed by atoms with Crippen LogP contribution in [0, 0.1) is 6.92 Å². The van der Waals surface area contributed by atoms with Crippen LogP contribution in [0.25, 0.3) is 5.69 Å². The van der Waals surface area contributed by atoms with Crippen LogP contribution in [0.2, 0.25) is 0 Å². The van der Waals surface area contributed by atoms with Gasteiger partial charge in [0.1, 0.15) is 6.33 Å². The summed E-state index contributed by atoms with van der Waals surface area (Å²) in [6.45, 7) is 6.08. The zero-order chi connectivity index (χ0) is 14.5. The molecule has 6 heteroatoms. The number of tetrazole rings is 1. The maximum atomic E-state index is 12.2. The highest BCUT2D eigenvalue weighted by molar-refractivity contribution is 5.94. The molecule has 1 aromatic carbocycles. The van der Waals surface area contributed by atoms with E-state index in [1.165, 1.54) is 6.33 Å². The molecule has 0 bridgehead atoms. The van der Waals surface area contributed by atoms with Crippen LogP contribution in [-0.4, -0.2) is 32.2 Å². The van der Waals surface area contributed by atoms with Gasteiger partial charge in [-0.25, -0.2) is 4.68 Å². The Balaban J connectivity index is 2.19. The van der Waals surface area contributed by atoms with Gasteiger partial charge in [0.25, 0.3) is 5.91 Å². The van der Waals surface area contributed by atoms with Gasteiger partial charge in [0.15, 0.2) is 0 Å². The molecule has 106 valence electrons. The third-order valence-corrected chi connectivity index (χ3v) is 3.38. The Morgan fingerprint density at radius 2 is 2.10 bits per heavy atom. The lowest BCUT2D eigenvalue weighted by molar-refractivity contribution is 0.0935. The standard InChI is InChI=1S/C14H19N5O/c1-4-12(5-2)16-14(20)11-6-7-13(10(3)8-11)19-9-15-17-18-19/h6-9,12H,4-5H2,1-3H3,(H,16,20). The Hall–Kier alpha value is -2.24. The van der Waals surface area contributed by atoms with Crippen molar-refractivity contribution in [3.63, 3.8) is 0 Å². The lowest BCUT2D eigenvalue weighted by Crippen LogP contribution is -2.33. The highest BCUT2D eigenvalue weighted by Crippen LogP contribution is 2.14. The number of aromatic nitrogens is 4. The van der Waals surface area contributed by atoms with Crippen molar-refractivity contribution in [3.05, 3.63) is 35.7 Å². The molecule has 1 N–H and O–H groups in total. The summed E-state index contributed by atoms with van der Waals surface area (Å²) in [7, 11) is 0. The Labute approximate surface area is 118 Å². The second-order valence-corrected chi connectivity index (χ2v) is 4.74. The van der Waals surface area contributed by atoms with Crippen molar-refractivity contribution >= 4 is 5.91 Å². The highest BCUT2D eigenvalue weighted by atomic mass is 16.1. The third kappa shape index (κ3) is 3.01. The van der Waals surface area contributed by atoms with Gasteiger partial charge in [-0.15, -0.1) is 5.10 Å². The number of carbonyl (C=O) groups excluding carboxylic acids is 1. The van der Waals surface area contributed by atoms with E-state index in [0.29, 0.717) is 5.56 Å². The molecule has 2 rings (SSSR count).